The van der Waals surface area contributed by atoms with Crippen LogP contribution < -0.4 is 10.9 Å². The second-order valence-electron chi connectivity index (χ2n) is 7.27. The Kier molecular flexibility index (Phi) is 5.49. The molecule has 3 aromatic rings. The summed E-state index contributed by atoms with van der Waals surface area (Å²) in [6, 6.07) is 10.0. The van der Waals surface area contributed by atoms with E-state index in [0.717, 1.165) is 35.0 Å². The van der Waals surface area contributed by atoms with Crippen molar-refractivity contribution in [3.05, 3.63) is 69.3 Å². The predicted molar refractivity (Wildman–Crippen MR) is 109 cm³/mol. The SMILES string of the molecule is CCCc1cc(C)c(CNC(=O)c2cccc3c2ccn3C(C)C)c(=O)[nH]1. The number of hydrogen-bond acceptors (Lipinski definition) is 2. The average Bonchev–Trinajstić information content (AvgIpc) is 3.05. The molecule has 5 heteroatoms. The number of nitrogens with one attached hydrogen (secondary N) is 2. The molecule has 27 heavy (non-hydrogen) atoms. The summed E-state index contributed by atoms with van der Waals surface area (Å²) in [5, 5.41) is 3.83. The van der Waals surface area contributed by atoms with Gasteiger partial charge in [0.15, 0.2) is 0 Å². The van der Waals surface area contributed by atoms with E-state index in [2.05, 4.69) is 35.6 Å². The van der Waals surface area contributed by atoms with Crippen LogP contribution in [0, 0.1) is 6.92 Å². The Morgan fingerprint density at radius 3 is 2.70 bits per heavy atom. The van der Waals surface area contributed by atoms with Crippen molar-refractivity contribution in [3.63, 3.8) is 0 Å². The summed E-state index contributed by atoms with van der Waals surface area (Å²) in [4.78, 5) is 28.1. The Morgan fingerprint density at radius 2 is 2.04 bits per heavy atom. The molecule has 142 valence electrons. The molecule has 0 saturated heterocycles. The highest BCUT2D eigenvalue weighted by Crippen LogP contribution is 2.23. The smallest absolute Gasteiger partial charge is 0.253 e. The lowest BCUT2D eigenvalue weighted by atomic mass is 10.1. The van der Waals surface area contributed by atoms with Gasteiger partial charge in [-0.15, -0.1) is 0 Å². The highest BCUT2D eigenvalue weighted by molar-refractivity contribution is 6.06. The maximum atomic E-state index is 12.8. The zero-order valence-corrected chi connectivity index (χ0v) is 16.4. The molecule has 1 amide bonds. The average molecular weight is 365 g/mol. The number of benzene rings is 1. The number of H-pyrrole nitrogens is 1. The fraction of sp³-hybridized carbons (Fsp3) is 0.364. The molecule has 1 aromatic carbocycles. The van der Waals surface area contributed by atoms with E-state index in [4.69, 9.17) is 0 Å². The number of carbonyl (C=O) groups is 1. The summed E-state index contributed by atoms with van der Waals surface area (Å²) in [5.41, 5.74) is 4.00. The molecule has 5 nitrogen and oxygen atoms in total. The summed E-state index contributed by atoms with van der Waals surface area (Å²) >= 11 is 0. The third-order valence-electron chi connectivity index (χ3n) is 4.92. The van der Waals surface area contributed by atoms with Crippen LogP contribution in [0.15, 0.2) is 41.3 Å². The first-order valence-corrected chi connectivity index (χ1v) is 9.51. The Labute approximate surface area is 159 Å². The normalized spacial score (nSPS) is 11.3. The van der Waals surface area contributed by atoms with E-state index in [-0.39, 0.29) is 18.0 Å². The van der Waals surface area contributed by atoms with Crippen molar-refractivity contribution in [2.75, 3.05) is 0 Å². The number of fused-ring (bicyclic) bond motifs is 1. The van der Waals surface area contributed by atoms with E-state index >= 15 is 0 Å². The van der Waals surface area contributed by atoms with Gasteiger partial charge in [0, 0.05) is 46.5 Å². The second-order valence-corrected chi connectivity index (χ2v) is 7.27. The molecule has 0 bridgehead atoms. The largest absolute Gasteiger partial charge is 0.348 e. The van der Waals surface area contributed by atoms with E-state index in [1.165, 1.54) is 0 Å². The lowest BCUT2D eigenvalue weighted by molar-refractivity contribution is 0.0952. The van der Waals surface area contributed by atoms with E-state index < -0.39 is 0 Å². The predicted octanol–water partition coefficient (Wildman–Crippen LogP) is 4.10. The number of aromatic amines is 1. The molecule has 0 aliphatic heterocycles. The lowest BCUT2D eigenvalue weighted by Crippen LogP contribution is -2.28. The summed E-state index contributed by atoms with van der Waals surface area (Å²) in [5.74, 6) is -0.168. The van der Waals surface area contributed by atoms with Crippen molar-refractivity contribution < 1.29 is 4.79 Å². The standard InChI is InChI=1S/C22H27N3O2/c1-5-7-16-12-15(4)19(22(27)24-16)13-23-21(26)18-8-6-9-20-17(18)10-11-25(20)14(2)3/h6,8-12,14H,5,7,13H2,1-4H3,(H,23,26)(H,24,27). The summed E-state index contributed by atoms with van der Waals surface area (Å²) in [6.45, 7) is 8.44. The lowest BCUT2D eigenvalue weighted by Gasteiger charge is -2.11. The Hall–Kier alpha value is -2.82. The summed E-state index contributed by atoms with van der Waals surface area (Å²) in [7, 11) is 0. The molecule has 2 aromatic heterocycles. The number of amides is 1. The van der Waals surface area contributed by atoms with Gasteiger partial charge in [-0.2, -0.15) is 0 Å². The molecular formula is C22H27N3O2. The second kappa shape index (κ2) is 7.82. The molecule has 0 aliphatic rings. The molecule has 0 fully saturated rings. The van der Waals surface area contributed by atoms with Crippen LogP contribution in [0.25, 0.3) is 10.9 Å². The Balaban J connectivity index is 1.83. The highest BCUT2D eigenvalue weighted by Gasteiger charge is 2.14. The number of aryl methyl sites for hydroxylation is 2. The zero-order chi connectivity index (χ0) is 19.6. The minimum absolute atomic E-state index is 0.122. The van der Waals surface area contributed by atoms with Gasteiger partial charge < -0.3 is 14.9 Å². The number of carbonyl (C=O) groups excluding carboxylic acids is 1. The minimum atomic E-state index is -0.168. The van der Waals surface area contributed by atoms with Crippen LogP contribution in [0.5, 0.6) is 0 Å². The van der Waals surface area contributed by atoms with Crippen LogP contribution in [0.4, 0.5) is 0 Å². The van der Waals surface area contributed by atoms with Gasteiger partial charge in [0.1, 0.15) is 0 Å². The van der Waals surface area contributed by atoms with Crippen molar-refractivity contribution >= 4 is 16.8 Å². The van der Waals surface area contributed by atoms with Crippen molar-refractivity contribution in [2.24, 2.45) is 0 Å². The molecule has 3 rings (SSSR count). The molecule has 0 spiro atoms. The third-order valence-corrected chi connectivity index (χ3v) is 4.92. The molecule has 0 unspecified atom stereocenters. The van der Waals surface area contributed by atoms with E-state index in [0.29, 0.717) is 17.2 Å². The molecule has 2 heterocycles. The molecule has 0 radical (unpaired) electrons. The molecule has 0 atom stereocenters. The summed E-state index contributed by atoms with van der Waals surface area (Å²) < 4.78 is 2.15. The van der Waals surface area contributed by atoms with Gasteiger partial charge in [0.25, 0.3) is 11.5 Å². The van der Waals surface area contributed by atoms with E-state index in [9.17, 15) is 9.59 Å². The molecule has 0 saturated carbocycles. The van der Waals surface area contributed by atoms with Crippen molar-refractivity contribution in [3.8, 4) is 0 Å². The van der Waals surface area contributed by atoms with Gasteiger partial charge in [-0.05, 0) is 57.0 Å². The van der Waals surface area contributed by atoms with Gasteiger partial charge >= 0.3 is 0 Å². The van der Waals surface area contributed by atoms with E-state index in [1.54, 1.807) is 0 Å². The van der Waals surface area contributed by atoms with Gasteiger partial charge in [0.05, 0.1) is 0 Å². The zero-order valence-electron chi connectivity index (χ0n) is 16.4. The molecule has 2 N–H and O–H groups in total. The quantitative estimate of drug-likeness (QED) is 0.690. The van der Waals surface area contributed by atoms with Crippen molar-refractivity contribution in [2.45, 2.75) is 53.1 Å². The number of rotatable bonds is 6. The van der Waals surface area contributed by atoms with Crippen LogP contribution in [0.3, 0.4) is 0 Å². The van der Waals surface area contributed by atoms with Crippen LogP contribution >= 0.6 is 0 Å². The fourth-order valence-corrected chi connectivity index (χ4v) is 3.51. The maximum Gasteiger partial charge on any atom is 0.253 e. The van der Waals surface area contributed by atoms with Gasteiger partial charge in [0.2, 0.25) is 0 Å². The molecular weight excluding hydrogens is 338 g/mol. The molecule has 0 aliphatic carbocycles. The van der Waals surface area contributed by atoms with Gasteiger partial charge in [-0.1, -0.05) is 19.4 Å². The summed E-state index contributed by atoms with van der Waals surface area (Å²) in [6.07, 6.45) is 3.83. The van der Waals surface area contributed by atoms with Crippen LogP contribution in [-0.4, -0.2) is 15.5 Å². The number of nitrogens with zero attached hydrogens (tertiary/aromatic N) is 1. The van der Waals surface area contributed by atoms with Crippen LogP contribution in [0.1, 0.15) is 60.4 Å². The van der Waals surface area contributed by atoms with Gasteiger partial charge in [-0.25, -0.2) is 0 Å². The number of pyridine rings is 1. The van der Waals surface area contributed by atoms with Crippen molar-refractivity contribution in [1.82, 2.24) is 14.9 Å². The highest BCUT2D eigenvalue weighted by atomic mass is 16.1. The van der Waals surface area contributed by atoms with Crippen LogP contribution in [0.2, 0.25) is 0 Å². The van der Waals surface area contributed by atoms with E-state index in [1.807, 2.05) is 43.5 Å². The fourth-order valence-electron chi connectivity index (χ4n) is 3.51. The number of aromatic nitrogens is 2. The maximum absolute atomic E-state index is 12.8. The topological polar surface area (TPSA) is 66.9 Å². The Morgan fingerprint density at radius 1 is 1.26 bits per heavy atom. The first-order valence-electron chi connectivity index (χ1n) is 9.51. The van der Waals surface area contributed by atoms with Crippen molar-refractivity contribution in [1.29, 1.82) is 0 Å². The Bertz CT molecular complexity index is 1030. The van der Waals surface area contributed by atoms with Gasteiger partial charge in [-0.3, -0.25) is 9.59 Å². The minimum Gasteiger partial charge on any atom is -0.348 e. The monoisotopic (exact) mass is 365 g/mol. The first-order chi connectivity index (χ1) is 12.9. The number of hydrogen-bond donors (Lipinski definition) is 2. The first kappa shape index (κ1) is 19.0. The van der Waals surface area contributed by atoms with Crippen LogP contribution in [-0.2, 0) is 13.0 Å². The third kappa shape index (κ3) is 3.82.